The maximum atomic E-state index is 13.1. The molecule has 0 atom stereocenters. The fourth-order valence-electron chi connectivity index (χ4n) is 1.50. The number of nitrogens with zero attached hydrogens (tertiary/aromatic N) is 1. The van der Waals surface area contributed by atoms with Crippen LogP contribution in [0.15, 0.2) is 23.6 Å². The maximum Gasteiger partial charge on any atom is 0.257 e. The normalized spacial score (nSPS) is 10.3. The minimum Gasteiger partial charge on any atom is -0.298 e. The number of carbonyl (C=O) groups is 2. The topological polar surface area (TPSA) is 59.1 Å². The van der Waals surface area contributed by atoms with Gasteiger partial charge in [0.25, 0.3) is 5.91 Å². The molecule has 0 aliphatic heterocycles. The fraction of sp³-hybridized carbons (Fsp3) is 0.154. The summed E-state index contributed by atoms with van der Waals surface area (Å²) >= 11 is 1.15. The molecule has 0 spiro atoms. The van der Waals surface area contributed by atoms with Gasteiger partial charge in [-0.2, -0.15) is 0 Å². The van der Waals surface area contributed by atoms with Gasteiger partial charge in [0.1, 0.15) is 11.5 Å². The Kier molecular flexibility index (Phi) is 3.71. The van der Waals surface area contributed by atoms with Crippen molar-refractivity contribution in [3.63, 3.8) is 0 Å². The van der Waals surface area contributed by atoms with Crippen LogP contribution in [0.25, 0.3) is 0 Å². The lowest BCUT2D eigenvalue weighted by molar-refractivity contribution is 0.100. The Hall–Kier alpha value is -2.08. The molecule has 19 heavy (non-hydrogen) atoms. The molecular formula is C13H11FN2O2S. The van der Waals surface area contributed by atoms with E-state index in [4.69, 9.17) is 0 Å². The Morgan fingerprint density at radius 1 is 1.37 bits per heavy atom. The van der Waals surface area contributed by atoms with E-state index in [1.165, 1.54) is 25.1 Å². The largest absolute Gasteiger partial charge is 0.298 e. The fourth-order valence-corrected chi connectivity index (χ4v) is 2.24. The van der Waals surface area contributed by atoms with Crippen LogP contribution < -0.4 is 5.32 Å². The van der Waals surface area contributed by atoms with Crippen LogP contribution in [-0.2, 0) is 0 Å². The van der Waals surface area contributed by atoms with Gasteiger partial charge in [-0.15, -0.1) is 11.3 Å². The van der Waals surface area contributed by atoms with Gasteiger partial charge in [0.15, 0.2) is 10.9 Å². The number of aryl methyl sites for hydroxylation is 1. The van der Waals surface area contributed by atoms with Crippen molar-refractivity contribution in [1.82, 2.24) is 4.98 Å². The third-order valence-corrected chi connectivity index (χ3v) is 3.29. The number of benzene rings is 1. The molecule has 0 fully saturated rings. The van der Waals surface area contributed by atoms with Crippen molar-refractivity contribution in [2.24, 2.45) is 0 Å². The summed E-state index contributed by atoms with van der Waals surface area (Å²) in [6.07, 6.45) is 0. The molecule has 2 aromatic rings. The second-order valence-corrected chi connectivity index (χ2v) is 4.87. The van der Waals surface area contributed by atoms with Gasteiger partial charge in [0.05, 0.1) is 0 Å². The van der Waals surface area contributed by atoms with Crippen LogP contribution in [0.3, 0.4) is 0 Å². The molecule has 0 unspecified atom stereocenters. The van der Waals surface area contributed by atoms with Gasteiger partial charge in [0.2, 0.25) is 0 Å². The van der Waals surface area contributed by atoms with E-state index in [-0.39, 0.29) is 11.3 Å². The van der Waals surface area contributed by atoms with Crippen LogP contribution in [0.2, 0.25) is 0 Å². The van der Waals surface area contributed by atoms with Gasteiger partial charge in [-0.05, 0) is 24.6 Å². The quantitative estimate of drug-likeness (QED) is 0.878. The van der Waals surface area contributed by atoms with Crippen LogP contribution in [0.5, 0.6) is 0 Å². The first kappa shape index (κ1) is 13.4. The molecule has 0 saturated heterocycles. The number of amides is 1. The van der Waals surface area contributed by atoms with E-state index < -0.39 is 11.7 Å². The van der Waals surface area contributed by atoms with Crippen LogP contribution in [-0.4, -0.2) is 16.7 Å². The highest BCUT2D eigenvalue weighted by Crippen LogP contribution is 2.18. The molecule has 1 aromatic carbocycles. The molecular weight excluding hydrogens is 267 g/mol. The molecule has 1 aromatic heterocycles. The molecule has 0 bridgehead atoms. The average molecular weight is 278 g/mol. The van der Waals surface area contributed by atoms with Crippen molar-refractivity contribution in [2.75, 3.05) is 5.32 Å². The molecule has 1 N–H and O–H groups in total. The summed E-state index contributed by atoms with van der Waals surface area (Å²) in [6.45, 7) is 3.12. The highest BCUT2D eigenvalue weighted by molar-refractivity contribution is 7.14. The number of Topliss-reactive ketones (excluding diaryl/α,β-unsaturated/α-hetero) is 1. The van der Waals surface area contributed by atoms with E-state index in [9.17, 15) is 14.0 Å². The smallest absolute Gasteiger partial charge is 0.257 e. The van der Waals surface area contributed by atoms with Gasteiger partial charge < -0.3 is 0 Å². The Labute approximate surface area is 113 Å². The van der Waals surface area contributed by atoms with Crippen molar-refractivity contribution in [1.29, 1.82) is 0 Å². The van der Waals surface area contributed by atoms with Crippen molar-refractivity contribution in [2.45, 2.75) is 13.8 Å². The van der Waals surface area contributed by atoms with Crippen molar-refractivity contribution in [3.05, 3.63) is 46.2 Å². The van der Waals surface area contributed by atoms with Crippen LogP contribution in [0.4, 0.5) is 9.52 Å². The monoisotopic (exact) mass is 278 g/mol. The Morgan fingerprint density at radius 2 is 2.11 bits per heavy atom. The minimum atomic E-state index is -0.473. The lowest BCUT2D eigenvalue weighted by atomic mass is 10.1. The summed E-state index contributed by atoms with van der Waals surface area (Å²) in [6, 6.07) is 4.00. The molecule has 4 nitrogen and oxygen atoms in total. The van der Waals surface area contributed by atoms with E-state index in [0.717, 1.165) is 11.3 Å². The Balaban J connectivity index is 2.20. The van der Waals surface area contributed by atoms with Crippen molar-refractivity contribution < 1.29 is 14.0 Å². The highest BCUT2D eigenvalue weighted by atomic mass is 32.1. The molecule has 1 amide bonds. The number of halogens is 1. The van der Waals surface area contributed by atoms with Crippen LogP contribution in [0.1, 0.15) is 33.3 Å². The summed E-state index contributed by atoms with van der Waals surface area (Å²) < 4.78 is 13.1. The first-order valence-corrected chi connectivity index (χ1v) is 6.39. The number of hydrogen-bond acceptors (Lipinski definition) is 4. The second-order valence-electron chi connectivity index (χ2n) is 4.01. The van der Waals surface area contributed by atoms with E-state index in [0.29, 0.717) is 16.4 Å². The summed E-state index contributed by atoms with van der Waals surface area (Å²) in [5, 5.41) is 4.44. The molecule has 0 aliphatic carbocycles. The first-order chi connectivity index (χ1) is 8.97. The van der Waals surface area contributed by atoms with Gasteiger partial charge in [-0.3, -0.25) is 14.9 Å². The first-order valence-electron chi connectivity index (χ1n) is 5.51. The number of ketones is 1. The summed E-state index contributed by atoms with van der Waals surface area (Å²) in [5.74, 6) is -1.08. The van der Waals surface area contributed by atoms with E-state index in [1.54, 1.807) is 12.3 Å². The van der Waals surface area contributed by atoms with Gasteiger partial charge >= 0.3 is 0 Å². The molecule has 98 valence electrons. The molecule has 0 radical (unpaired) electrons. The van der Waals surface area contributed by atoms with E-state index in [2.05, 4.69) is 10.3 Å². The lowest BCUT2D eigenvalue weighted by Gasteiger charge is -2.05. The van der Waals surface area contributed by atoms with Crippen LogP contribution in [0, 0.1) is 12.7 Å². The summed E-state index contributed by atoms with van der Waals surface area (Å²) in [4.78, 5) is 27.0. The zero-order valence-electron chi connectivity index (χ0n) is 10.4. The number of anilines is 1. The van der Waals surface area contributed by atoms with Crippen LogP contribution >= 0.6 is 11.3 Å². The second kappa shape index (κ2) is 5.27. The van der Waals surface area contributed by atoms with Crippen molar-refractivity contribution >= 4 is 28.2 Å². The third-order valence-electron chi connectivity index (χ3n) is 2.53. The van der Waals surface area contributed by atoms with E-state index in [1.807, 2.05) is 0 Å². The SMILES string of the molecule is CC(=O)c1csc(NC(=O)c2cc(F)ccc2C)n1. The van der Waals surface area contributed by atoms with E-state index >= 15 is 0 Å². The number of aromatic nitrogens is 1. The number of hydrogen-bond donors (Lipinski definition) is 1. The number of nitrogens with one attached hydrogen (secondary N) is 1. The lowest BCUT2D eigenvalue weighted by Crippen LogP contribution is -2.13. The molecule has 0 aliphatic rings. The Bertz CT molecular complexity index is 652. The van der Waals surface area contributed by atoms with Gasteiger partial charge in [0, 0.05) is 17.9 Å². The maximum absolute atomic E-state index is 13.1. The van der Waals surface area contributed by atoms with Crippen molar-refractivity contribution in [3.8, 4) is 0 Å². The zero-order chi connectivity index (χ0) is 14.0. The summed E-state index contributed by atoms with van der Waals surface area (Å²) in [5.41, 5.74) is 1.22. The standard InChI is InChI=1S/C13H11FN2O2S/c1-7-3-4-9(14)5-10(7)12(18)16-13-15-11(6-19-13)8(2)17/h3-6H,1-2H3,(H,15,16,18). The number of rotatable bonds is 3. The molecule has 0 saturated carbocycles. The van der Waals surface area contributed by atoms with Gasteiger partial charge in [-0.25, -0.2) is 9.37 Å². The predicted octanol–water partition coefficient (Wildman–Crippen LogP) is 3.05. The molecule has 6 heteroatoms. The number of carbonyl (C=O) groups excluding carboxylic acids is 2. The predicted molar refractivity (Wildman–Crippen MR) is 71.2 cm³/mol. The third kappa shape index (κ3) is 3.03. The average Bonchev–Trinajstić information content (AvgIpc) is 2.80. The summed E-state index contributed by atoms with van der Waals surface area (Å²) in [7, 11) is 0. The van der Waals surface area contributed by atoms with Gasteiger partial charge in [-0.1, -0.05) is 6.07 Å². The number of thiazole rings is 1. The minimum absolute atomic E-state index is 0.168. The Morgan fingerprint density at radius 3 is 2.74 bits per heavy atom. The molecule has 1 heterocycles. The molecule has 2 rings (SSSR count). The zero-order valence-corrected chi connectivity index (χ0v) is 11.2. The highest BCUT2D eigenvalue weighted by Gasteiger charge is 2.13.